The van der Waals surface area contributed by atoms with Crippen molar-refractivity contribution in [3.63, 3.8) is 0 Å². The van der Waals surface area contributed by atoms with Crippen molar-refractivity contribution in [3.05, 3.63) is 0 Å². The van der Waals surface area contributed by atoms with Crippen LogP contribution in [0.2, 0.25) is 0 Å². The number of nitrogens with zero attached hydrogens (tertiary/aromatic N) is 1. The molecule has 1 rings (SSSR count). The van der Waals surface area contributed by atoms with Crippen molar-refractivity contribution in [2.45, 2.75) is 32.4 Å². The van der Waals surface area contributed by atoms with Crippen LogP contribution in [0.15, 0.2) is 0 Å². The van der Waals surface area contributed by atoms with Gasteiger partial charge in [0.15, 0.2) is 9.84 Å². The van der Waals surface area contributed by atoms with Crippen molar-refractivity contribution in [2.75, 3.05) is 18.1 Å². The third-order valence-corrected chi connectivity index (χ3v) is 4.51. The molecule has 1 fully saturated rings. The second-order valence-electron chi connectivity index (χ2n) is 4.01. The number of carbonyl (C=O) groups excluding carboxylic acids is 1. The Balaban J connectivity index is 2.70. The maximum absolute atomic E-state index is 11.8. The average Bonchev–Trinajstić information content (AvgIpc) is 2.14. The van der Waals surface area contributed by atoms with E-state index >= 15 is 0 Å². The molecule has 1 amide bonds. The van der Waals surface area contributed by atoms with Crippen molar-refractivity contribution >= 4 is 15.7 Å². The van der Waals surface area contributed by atoms with Gasteiger partial charge in [-0.15, -0.1) is 0 Å². The number of hydrogen-bond acceptors (Lipinski definition) is 4. The Morgan fingerprint density at radius 2 is 2.20 bits per heavy atom. The average molecular weight is 234 g/mol. The quantitative estimate of drug-likeness (QED) is 0.690. The molecule has 1 saturated heterocycles. The number of nitrogens with two attached hydrogens (primary N) is 1. The maximum atomic E-state index is 11.8. The Morgan fingerprint density at radius 3 is 2.67 bits per heavy atom. The summed E-state index contributed by atoms with van der Waals surface area (Å²) in [5, 5.41) is 0. The van der Waals surface area contributed by atoms with Crippen LogP contribution >= 0.6 is 0 Å². The number of carbonyl (C=O) groups is 1. The van der Waals surface area contributed by atoms with E-state index < -0.39 is 15.9 Å². The Hall–Kier alpha value is -0.620. The molecule has 1 unspecified atom stereocenters. The molecule has 15 heavy (non-hydrogen) atoms. The molecule has 5 nitrogen and oxygen atoms in total. The molecule has 1 aliphatic rings. The summed E-state index contributed by atoms with van der Waals surface area (Å²) in [5.74, 6) is -0.0331. The van der Waals surface area contributed by atoms with Crippen LogP contribution < -0.4 is 5.73 Å². The minimum atomic E-state index is -2.97. The molecule has 0 aromatic heterocycles. The largest absolute Gasteiger partial charge is 0.337 e. The third kappa shape index (κ3) is 2.92. The van der Waals surface area contributed by atoms with Gasteiger partial charge in [0, 0.05) is 12.6 Å². The lowest BCUT2D eigenvalue weighted by Crippen LogP contribution is -2.54. The Morgan fingerprint density at radius 1 is 1.60 bits per heavy atom. The highest BCUT2D eigenvalue weighted by molar-refractivity contribution is 7.91. The molecule has 0 bridgehead atoms. The van der Waals surface area contributed by atoms with E-state index in [4.69, 9.17) is 5.73 Å². The molecule has 0 aromatic rings. The monoisotopic (exact) mass is 234 g/mol. The van der Waals surface area contributed by atoms with Crippen molar-refractivity contribution in [1.82, 2.24) is 4.90 Å². The second kappa shape index (κ2) is 4.49. The zero-order valence-corrected chi connectivity index (χ0v) is 9.96. The van der Waals surface area contributed by atoms with Gasteiger partial charge in [-0.1, -0.05) is 6.92 Å². The molecule has 1 aliphatic heterocycles. The lowest BCUT2D eigenvalue weighted by Gasteiger charge is -2.34. The molecule has 6 heteroatoms. The lowest BCUT2D eigenvalue weighted by atomic mass is 10.2. The maximum Gasteiger partial charge on any atom is 0.239 e. The Bertz CT molecular complexity index is 339. The molecule has 2 atom stereocenters. The number of rotatable bonds is 2. The minimum absolute atomic E-state index is 0.0508. The number of sulfone groups is 1. The van der Waals surface area contributed by atoms with Gasteiger partial charge in [0.05, 0.1) is 17.5 Å². The number of amides is 1. The van der Waals surface area contributed by atoms with E-state index in [1.54, 1.807) is 11.8 Å². The fourth-order valence-corrected chi connectivity index (χ4v) is 3.27. The first-order chi connectivity index (χ1) is 6.87. The first-order valence-electron chi connectivity index (χ1n) is 5.14. The summed E-state index contributed by atoms with van der Waals surface area (Å²) in [4.78, 5) is 13.3. The van der Waals surface area contributed by atoms with Crippen LogP contribution in [0.1, 0.15) is 20.3 Å². The van der Waals surface area contributed by atoms with Gasteiger partial charge < -0.3 is 10.6 Å². The summed E-state index contributed by atoms with van der Waals surface area (Å²) in [6.07, 6.45) is 0.578. The fraction of sp³-hybridized carbons (Fsp3) is 0.889. The van der Waals surface area contributed by atoms with Gasteiger partial charge in [0.1, 0.15) is 0 Å². The molecule has 0 aromatic carbocycles. The summed E-state index contributed by atoms with van der Waals surface area (Å²) in [7, 11) is -2.97. The van der Waals surface area contributed by atoms with Crippen LogP contribution in [0, 0.1) is 0 Å². The highest BCUT2D eigenvalue weighted by Crippen LogP contribution is 2.12. The van der Waals surface area contributed by atoms with Crippen molar-refractivity contribution in [3.8, 4) is 0 Å². The molecule has 88 valence electrons. The van der Waals surface area contributed by atoms with Gasteiger partial charge in [-0.2, -0.15) is 0 Å². The standard InChI is InChI=1S/C9H18N2O3S/c1-3-8(10)9(12)11-4-5-15(13,14)6-7(11)2/h7-8H,3-6,10H2,1-2H3/t7?,8-/m0/s1. The zero-order valence-electron chi connectivity index (χ0n) is 9.14. The van der Waals surface area contributed by atoms with Crippen molar-refractivity contribution in [1.29, 1.82) is 0 Å². The first-order valence-corrected chi connectivity index (χ1v) is 6.96. The van der Waals surface area contributed by atoms with Gasteiger partial charge in [-0.25, -0.2) is 8.42 Å². The van der Waals surface area contributed by atoms with Crippen LogP contribution in [0.3, 0.4) is 0 Å². The van der Waals surface area contributed by atoms with Crippen LogP contribution in [-0.2, 0) is 14.6 Å². The van der Waals surface area contributed by atoms with E-state index in [2.05, 4.69) is 0 Å². The van der Waals surface area contributed by atoms with Crippen LogP contribution in [-0.4, -0.2) is 49.4 Å². The van der Waals surface area contributed by atoms with E-state index in [1.165, 1.54) is 0 Å². The molecular weight excluding hydrogens is 216 g/mol. The summed E-state index contributed by atoms with van der Waals surface area (Å²) in [6.45, 7) is 3.86. The summed E-state index contributed by atoms with van der Waals surface area (Å²) < 4.78 is 22.6. The summed E-state index contributed by atoms with van der Waals surface area (Å²) >= 11 is 0. The Kier molecular flexibility index (Phi) is 3.72. The molecular formula is C9H18N2O3S. The second-order valence-corrected chi connectivity index (χ2v) is 6.24. The van der Waals surface area contributed by atoms with E-state index in [-0.39, 0.29) is 30.0 Å². The zero-order chi connectivity index (χ0) is 11.6. The molecule has 2 N–H and O–H groups in total. The smallest absolute Gasteiger partial charge is 0.239 e. The molecule has 0 aliphatic carbocycles. The van der Waals surface area contributed by atoms with Crippen LogP contribution in [0.4, 0.5) is 0 Å². The van der Waals surface area contributed by atoms with Gasteiger partial charge >= 0.3 is 0 Å². The van der Waals surface area contributed by atoms with Gasteiger partial charge in [-0.05, 0) is 13.3 Å². The minimum Gasteiger partial charge on any atom is -0.337 e. The highest BCUT2D eigenvalue weighted by Gasteiger charge is 2.32. The normalized spacial score (nSPS) is 27.4. The molecule has 0 spiro atoms. The third-order valence-electron chi connectivity index (χ3n) is 2.71. The first kappa shape index (κ1) is 12.4. The molecule has 1 heterocycles. The lowest BCUT2D eigenvalue weighted by molar-refractivity contribution is -0.134. The van der Waals surface area contributed by atoms with Gasteiger partial charge in [0.25, 0.3) is 0 Å². The topological polar surface area (TPSA) is 80.5 Å². The molecule has 0 radical (unpaired) electrons. The predicted octanol–water partition coefficient (Wildman–Crippen LogP) is -0.631. The number of hydrogen-bond donors (Lipinski definition) is 1. The van der Waals surface area contributed by atoms with Gasteiger partial charge in [-0.3, -0.25) is 4.79 Å². The summed E-state index contributed by atoms with van der Waals surface area (Å²) in [5.41, 5.74) is 5.64. The van der Waals surface area contributed by atoms with E-state index in [9.17, 15) is 13.2 Å². The van der Waals surface area contributed by atoms with Crippen LogP contribution in [0.25, 0.3) is 0 Å². The Labute approximate surface area is 90.5 Å². The predicted molar refractivity (Wildman–Crippen MR) is 58.1 cm³/mol. The highest BCUT2D eigenvalue weighted by atomic mass is 32.2. The summed E-state index contributed by atoms with van der Waals surface area (Å²) in [6, 6.07) is -0.762. The van der Waals surface area contributed by atoms with Crippen LogP contribution in [0.5, 0.6) is 0 Å². The van der Waals surface area contributed by atoms with Crippen molar-refractivity contribution < 1.29 is 13.2 Å². The van der Waals surface area contributed by atoms with Gasteiger partial charge in [0.2, 0.25) is 5.91 Å². The molecule has 0 saturated carbocycles. The van der Waals surface area contributed by atoms with E-state index in [1.807, 2.05) is 6.92 Å². The SMILES string of the molecule is CC[C@H](N)C(=O)N1CCS(=O)(=O)CC1C. The van der Waals surface area contributed by atoms with E-state index in [0.29, 0.717) is 6.42 Å². The van der Waals surface area contributed by atoms with E-state index in [0.717, 1.165) is 0 Å². The fourth-order valence-electron chi connectivity index (χ4n) is 1.71. The van der Waals surface area contributed by atoms with Crippen molar-refractivity contribution in [2.24, 2.45) is 5.73 Å².